The van der Waals surface area contributed by atoms with Crippen LogP contribution in [0.15, 0.2) is 24.5 Å². The third-order valence-electron chi connectivity index (χ3n) is 4.59. The second-order valence-electron chi connectivity index (χ2n) is 7.26. The normalized spacial score (nSPS) is 16.4. The van der Waals surface area contributed by atoms with E-state index < -0.39 is 6.04 Å². The Bertz CT molecular complexity index is 584. The van der Waals surface area contributed by atoms with Crippen LogP contribution in [-0.4, -0.2) is 66.1 Å². The predicted octanol–water partition coefficient (Wildman–Crippen LogP) is 1.88. The molecule has 1 fully saturated rings. The molecule has 1 atom stereocenters. The highest BCUT2D eigenvalue weighted by Gasteiger charge is 2.29. The van der Waals surface area contributed by atoms with Crippen LogP contribution in [0.25, 0.3) is 0 Å². The molecule has 1 N–H and O–H groups in total. The minimum absolute atomic E-state index is 0.0363. The summed E-state index contributed by atoms with van der Waals surface area (Å²) in [6, 6.07) is 3.21. The number of piperidine rings is 1. The van der Waals surface area contributed by atoms with E-state index in [0.29, 0.717) is 19.7 Å². The van der Waals surface area contributed by atoms with E-state index in [0.717, 1.165) is 18.4 Å². The van der Waals surface area contributed by atoms with Crippen molar-refractivity contribution >= 4 is 11.9 Å². The van der Waals surface area contributed by atoms with Crippen LogP contribution in [0, 0.1) is 5.92 Å². The molecule has 0 aromatic carbocycles. The third kappa shape index (κ3) is 5.69. The van der Waals surface area contributed by atoms with Crippen molar-refractivity contribution in [2.45, 2.75) is 45.4 Å². The summed E-state index contributed by atoms with van der Waals surface area (Å²) < 4.78 is 5.93. The van der Waals surface area contributed by atoms with Crippen molar-refractivity contribution < 1.29 is 14.3 Å². The maximum absolute atomic E-state index is 12.5. The largest absolute Gasteiger partial charge is 0.373 e. The zero-order valence-electron chi connectivity index (χ0n) is 16.1. The molecule has 0 spiro atoms. The Morgan fingerprint density at radius 1 is 1.35 bits per heavy atom. The van der Waals surface area contributed by atoms with Crippen molar-refractivity contribution in [3.63, 3.8) is 0 Å². The molecule has 1 aromatic rings. The summed E-state index contributed by atoms with van der Waals surface area (Å²) >= 11 is 0. The maximum Gasteiger partial charge on any atom is 0.318 e. The van der Waals surface area contributed by atoms with Crippen molar-refractivity contribution in [1.82, 2.24) is 20.1 Å². The van der Waals surface area contributed by atoms with Crippen LogP contribution in [0.4, 0.5) is 4.79 Å². The van der Waals surface area contributed by atoms with Crippen LogP contribution >= 0.6 is 0 Å². The molecular formula is C19H30N4O3. The molecule has 0 aliphatic carbocycles. The van der Waals surface area contributed by atoms with Crippen LogP contribution in [0.3, 0.4) is 0 Å². The van der Waals surface area contributed by atoms with E-state index in [1.165, 1.54) is 4.90 Å². The van der Waals surface area contributed by atoms with E-state index in [1.54, 1.807) is 31.4 Å². The summed E-state index contributed by atoms with van der Waals surface area (Å²) in [5, 5.41) is 2.89. The minimum atomic E-state index is -0.503. The summed E-state index contributed by atoms with van der Waals surface area (Å²) in [6.45, 7) is 5.67. The minimum Gasteiger partial charge on any atom is -0.373 e. The first-order valence-electron chi connectivity index (χ1n) is 9.15. The van der Waals surface area contributed by atoms with E-state index in [1.807, 2.05) is 26.0 Å². The number of rotatable bonds is 6. The highest BCUT2D eigenvalue weighted by molar-refractivity contribution is 5.87. The number of likely N-dealkylation sites (N-methyl/N-ethyl adjacent to an activating group) is 1. The first-order chi connectivity index (χ1) is 12.4. The summed E-state index contributed by atoms with van der Waals surface area (Å²) in [4.78, 5) is 32.1. The first-order valence-corrected chi connectivity index (χ1v) is 9.15. The van der Waals surface area contributed by atoms with E-state index in [2.05, 4.69) is 10.3 Å². The van der Waals surface area contributed by atoms with Gasteiger partial charge in [-0.2, -0.15) is 0 Å². The van der Waals surface area contributed by atoms with Crippen LogP contribution in [0.5, 0.6) is 0 Å². The number of carbonyl (C=O) groups is 2. The fraction of sp³-hybridized carbons (Fsp3) is 0.632. The lowest BCUT2D eigenvalue weighted by Crippen LogP contribution is -2.54. The fourth-order valence-electron chi connectivity index (χ4n) is 2.94. The van der Waals surface area contributed by atoms with Gasteiger partial charge in [-0.15, -0.1) is 0 Å². The van der Waals surface area contributed by atoms with Crippen LogP contribution in [0.1, 0.15) is 32.3 Å². The molecule has 3 amide bonds. The van der Waals surface area contributed by atoms with Gasteiger partial charge in [0.1, 0.15) is 6.04 Å². The van der Waals surface area contributed by atoms with E-state index in [4.69, 9.17) is 4.74 Å². The number of hydrogen-bond donors (Lipinski definition) is 1. The number of amides is 3. The van der Waals surface area contributed by atoms with Crippen molar-refractivity contribution in [2.24, 2.45) is 5.92 Å². The lowest BCUT2D eigenvalue weighted by Gasteiger charge is -2.34. The van der Waals surface area contributed by atoms with Crippen molar-refractivity contribution in [3.8, 4) is 0 Å². The molecule has 1 saturated heterocycles. The maximum atomic E-state index is 12.5. The van der Waals surface area contributed by atoms with Crippen molar-refractivity contribution in [2.75, 3.05) is 27.2 Å². The van der Waals surface area contributed by atoms with Gasteiger partial charge in [-0.1, -0.05) is 19.9 Å². The molecule has 1 aliphatic heterocycles. The molecule has 2 rings (SSSR count). The second-order valence-corrected chi connectivity index (χ2v) is 7.26. The molecule has 2 heterocycles. The topological polar surface area (TPSA) is 74.8 Å². The zero-order chi connectivity index (χ0) is 19.1. The Kier molecular flexibility index (Phi) is 7.38. The zero-order valence-corrected chi connectivity index (χ0v) is 16.1. The van der Waals surface area contributed by atoms with Crippen LogP contribution in [-0.2, 0) is 16.1 Å². The number of ether oxygens (including phenoxy) is 1. The molecule has 0 saturated carbocycles. The molecule has 1 unspecified atom stereocenters. The fourth-order valence-corrected chi connectivity index (χ4v) is 2.94. The van der Waals surface area contributed by atoms with Crippen molar-refractivity contribution in [3.05, 3.63) is 30.1 Å². The van der Waals surface area contributed by atoms with Gasteiger partial charge in [0.2, 0.25) is 5.91 Å². The number of nitrogens with zero attached hydrogens (tertiary/aromatic N) is 3. The lowest BCUT2D eigenvalue weighted by atomic mass is 10.0. The summed E-state index contributed by atoms with van der Waals surface area (Å²) in [7, 11) is 3.41. The van der Waals surface area contributed by atoms with Gasteiger partial charge in [-0.25, -0.2) is 4.79 Å². The van der Waals surface area contributed by atoms with Gasteiger partial charge in [0.25, 0.3) is 0 Å². The molecular weight excluding hydrogens is 332 g/mol. The first kappa shape index (κ1) is 20.2. The Morgan fingerprint density at radius 2 is 2.04 bits per heavy atom. The number of pyridine rings is 1. The number of urea groups is 1. The SMILES string of the molecule is CC(C)C(NC(=O)N1CCC(OCc2cccnc2)CC1)C(=O)N(C)C. The molecule has 0 radical (unpaired) electrons. The summed E-state index contributed by atoms with van der Waals surface area (Å²) in [5.41, 5.74) is 1.05. The number of likely N-dealkylation sites (tertiary alicyclic amines) is 1. The Balaban J connectivity index is 1.79. The smallest absolute Gasteiger partial charge is 0.318 e. The predicted molar refractivity (Wildman–Crippen MR) is 99.5 cm³/mol. The Labute approximate surface area is 155 Å². The monoisotopic (exact) mass is 362 g/mol. The standard InChI is InChI=1S/C19H30N4O3/c1-14(2)17(18(24)22(3)4)21-19(25)23-10-7-16(8-11-23)26-13-15-6-5-9-20-12-15/h5-6,9,12,14,16-17H,7-8,10-11,13H2,1-4H3,(H,21,25). The van der Waals surface area contributed by atoms with Gasteiger partial charge >= 0.3 is 6.03 Å². The molecule has 1 aliphatic rings. The number of nitrogens with one attached hydrogen (secondary N) is 1. The molecule has 7 nitrogen and oxygen atoms in total. The van der Waals surface area contributed by atoms with E-state index in [9.17, 15) is 9.59 Å². The van der Waals surface area contributed by atoms with E-state index >= 15 is 0 Å². The second kappa shape index (κ2) is 9.52. The van der Waals surface area contributed by atoms with E-state index in [-0.39, 0.29) is 24.0 Å². The highest BCUT2D eigenvalue weighted by atomic mass is 16.5. The molecule has 26 heavy (non-hydrogen) atoms. The van der Waals surface area contributed by atoms with Crippen LogP contribution < -0.4 is 5.32 Å². The Morgan fingerprint density at radius 3 is 2.58 bits per heavy atom. The summed E-state index contributed by atoms with van der Waals surface area (Å²) in [5.74, 6) is -0.0442. The number of hydrogen-bond acceptors (Lipinski definition) is 4. The molecule has 144 valence electrons. The number of carbonyl (C=O) groups excluding carboxylic acids is 2. The van der Waals surface area contributed by atoms with Gasteiger partial charge in [0.15, 0.2) is 0 Å². The van der Waals surface area contributed by atoms with Crippen LogP contribution in [0.2, 0.25) is 0 Å². The lowest BCUT2D eigenvalue weighted by molar-refractivity contribution is -0.131. The van der Waals surface area contributed by atoms with Gasteiger partial charge < -0.3 is 19.9 Å². The third-order valence-corrected chi connectivity index (χ3v) is 4.59. The average Bonchev–Trinajstić information content (AvgIpc) is 2.64. The average molecular weight is 362 g/mol. The summed E-state index contributed by atoms with van der Waals surface area (Å²) in [6.07, 6.45) is 5.27. The van der Waals surface area contributed by atoms with Gasteiger partial charge in [-0.05, 0) is 30.4 Å². The van der Waals surface area contributed by atoms with Gasteiger partial charge in [-0.3, -0.25) is 9.78 Å². The molecule has 1 aromatic heterocycles. The van der Waals surface area contributed by atoms with Gasteiger partial charge in [0, 0.05) is 39.6 Å². The molecule has 0 bridgehead atoms. The molecule has 7 heteroatoms. The quantitative estimate of drug-likeness (QED) is 0.838. The highest BCUT2D eigenvalue weighted by Crippen LogP contribution is 2.16. The van der Waals surface area contributed by atoms with Gasteiger partial charge in [0.05, 0.1) is 12.7 Å². The number of aromatic nitrogens is 1. The van der Waals surface area contributed by atoms with Crippen molar-refractivity contribution in [1.29, 1.82) is 0 Å². The Hall–Kier alpha value is -2.15.